The van der Waals surface area contributed by atoms with Crippen LogP contribution in [0.25, 0.3) is 0 Å². The lowest BCUT2D eigenvalue weighted by molar-refractivity contribution is 0.0944. The van der Waals surface area contributed by atoms with Crippen LogP contribution < -0.4 is 5.32 Å². The van der Waals surface area contributed by atoms with Crippen LogP contribution in [0.15, 0.2) is 33.4 Å². The first-order valence-electron chi connectivity index (χ1n) is 4.76. The van der Waals surface area contributed by atoms with E-state index in [2.05, 4.69) is 21.2 Å². The maximum absolute atomic E-state index is 11.8. The molecule has 2 nitrogen and oxygen atoms in total. The third-order valence-corrected chi connectivity index (χ3v) is 4.79. The van der Waals surface area contributed by atoms with Gasteiger partial charge in [-0.05, 0) is 46.4 Å². The van der Waals surface area contributed by atoms with E-state index in [4.69, 9.17) is 0 Å². The molecule has 0 radical (unpaired) electrons. The van der Waals surface area contributed by atoms with Gasteiger partial charge in [-0.3, -0.25) is 4.79 Å². The van der Waals surface area contributed by atoms with Crippen molar-refractivity contribution in [3.05, 3.63) is 43.2 Å². The van der Waals surface area contributed by atoms with Crippen LogP contribution >= 0.6 is 38.6 Å². The summed E-state index contributed by atoms with van der Waals surface area (Å²) >= 11 is 6.44. The van der Waals surface area contributed by atoms with Crippen molar-refractivity contribution in [2.75, 3.05) is 0 Å². The van der Waals surface area contributed by atoms with Crippen LogP contribution in [0.2, 0.25) is 0 Å². The molecule has 0 saturated carbocycles. The van der Waals surface area contributed by atoms with Gasteiger partial charge in [0.15, 0.2) is 0 Å². The van der Waals surface area contributed by atoms with Gasteiger partial charge in [-0.15, -0.1) is 22.7 Å². The molecule has 0 aliphatic carbocycles. The van der Waals surface area contributed by atoms with Gasteiger partial charge in [-0.1, -0.05) is 6.07 Å². The van der Waals surface area contributed by atoms with E-state index in [1.54, 1.807) is 11.3 Å². The molecule has 1 N–H and O–H groups in total. The summed E-state index contributed by atoms with van der Waals surface area (Å²) in [6.07, 6.45) is 0. The summed E-state index contributed by atoms with van der Waals surface area (Å²) in [7, 11) is 0. The molecule has 0 spiro atoms. The molecule has 0 saturated heterocycles. The van der Waals surface area contributed by atoms with Crippen molar-refractivity contribution < 1.29 is 4.79 Å². The predicted octanol–water partition coefficient (Wildman–Crippen LogP) is 4.06. The van der Waals surface area contributed by atoms with Crippen LogP contribution in [0.1, 0.15) is 27.5 Å². The van der Waals surface area contributed by atoms with Crippen LogP contribution in [0.5, 0.6) is 0 Å². The molecule has 1 amide bonds. The molecule has 2 heterocycles. The van der Waals surface area contributed by atoms with Crippen LogP contribution in [0, 0.1) is 0 Å². The minimum absolute atomic E-state index is 0.0170. The van der Waals surface area contributed by atoms with Gasteiger partial charge in [0.2, 0.25) is 0 Å². The Kier molecular flexibility index (Phi) is 3.78. The van der Waals surface area contributed by atoms with Gasteiger partial charge < -0.3 is 5.32 Å². The van der Waals surface area contributed by atoms with Crippen LogP contribution in [-0.2, 0) is 0 Å². The van der Waals surface area contributed by atoms with Crippen molar-refractivity contribution in [1.82, 2.24) is 5.32 Å². The molecule has 16 heavy (non-hydrogen) atoms. The zero-order chi connectivity index (χ0) is 11.5. The van der Waals surface area contributed by atoms with Crippen molar-refractivity contribution in [3.8, 4) is 0 Å². The van der Waals surface area contributed by atoms with E-state index in [1.807, 2.05) is 36.6 Å². The Morgan fingerprint density at radius 1 is 1.44 bits per heavy atom. The average Bonchev–Trinajstić information content (AvgIpc) is 2.87. The van der Waals surface area contributed by atoms with Gasteiger partial charge in [0, 0.05) is 4.88 Å². The molecule has 1 unspecified atom stereocenters. The Morgan fingerprint density at radius 2 is 2.25 bits per heavy atom. The molecule has 2 aromatic heterocycles. The summed E-state index contributed by atoms with van der Waals surface area (Å²) in [5, 5.41) is 4.99. The smallest absolute Gasteiger partial charge is 0.261 e. The second-order valence-corrected chi connectivity index (χ2v) is 6.76. The van der Waals surface area contributed by atoms with E-state index in [0.29, 0.717) is 0 Å². The number of carbonyl (C=O) groups excluding carboxylic acids is 1. The fraction of sp³-hybridized carbons (Fsp3) is 0.182. The van der Waals surface area contributed by atoms with Crippen molar-refractivity contribution in [2.45, 2.75) is 13.0 Å². The topological polar surface area (TPSA) is 29.1 Å². The zero-order valence-corrected chi connectivity index (χ0v) is 11.8. The molecule has 5 heteroatoms. The largest absolute Gasteiger partial charge is 0.344 e. The number of halogens is 1. The van der Waals surface area contributed by atoms with Crippen molar-refractivity contribution in [1.29, 1.82) is 0 Å². The van der Waals surface area contributed by atoms with E-state index in [0.717, 1.165) is 8.66 Å². The number of hydrogen-bond donors (Lipinski definition) is 1. The Balaban J connectivity index is 2.03. The molecule has 2 rings (SSSR count). The quantitative estimate of drug-likeness (QED) is 0.909. The molecule has 0 aromatic carbocycles. The van der Waals surface area contributed by atoms with Gasteiger partial charge in [0.05, 0.1) is 14.7 Å². The van der Waals surface area contributed by atoms with Crippen LogP contribution in [0.4, 0.5) is 0 Å². The Hall–Kier alpha value is -0.650. The second-order valence-electron chi connectivity index (χ2n) is 3.31. The molecule has 0 aliphatic heterocycles. The van der Waals surface area contributed by atoms with Crippen LogP contribution in [-0.4, -0.2) is 5.91 Å². The third-order valence-electron chi connectivity index (χ3n) is 2.11. The zero-order valence-electron chi connectivity index (χ0n) is 8.57. The summed E-state index contributed by atoms with van der Waals surface area (Å²) in [4.78, 5) is 13.7. The van der Waals surface area contributed by atoms with Gasteiger partial charge in [-0.25, -0.2) is 0 Å². The highest BCUT2D eigenvalue weighted by molar-refractivity contribution is 9.11. The summed E-state index contributed by atoms with van der Waals surface area (Å²) in [5.41, 5.74) is 0. The number of rotatable bonds is 3. The third kappa shape index (κ3) is 2.72. The minimum atomic E-state index is -0.0170. The second kappa shape index (κ2) is 5.12. The van der Waals surface area contributed by atoms with E-state index >= 15 is 0 Å². The Labute approximate surface area is 110 Å². The van der Waals surface area contributed by atoms with Gasteiger partial charge in [0.1, 0.15) is 0 Å². The number of thiophene rings is 2. The summed E-state index contributed by atoms with van der Waals surface area (Å²) in [6, 6.07) is 7.79. The molecule has 84 valence electrons. The lowest BCUT2D eigenvalue weighted by atomic mass is 10.2. The number of hydrogen-bond acceptors (Lipinski definition) is 3. The first-order chi connectivity index (χ1) is 7.66. The molecular formula is C11H10BrNOS2. The summed E-state index contributed by atoms with van der Waals surface area (Å²) in [5.74, 6) is -0.0170. The fourth-order valence-electron chi connectivity index (χ4n) is 1.31. The number of amides is 1. The Morgan fingerprint density at radius 3 is 2.81 bits per heavy atom. The van der Waals surface area contributed by atoms with E-state index < -0.39 is 0 Å². The fourth-order valence-corrected chi connectivity index (χ4v) is 3.34. The average molecular weight is 316 g/mol. The monoisotopic (exact) mass is 315 g/mol. The normalized spacial score (nSPS) is 12.4. The SMILES string of the molecule is CC(NC(=O)c1ccc(Br)s1)c1cccs1. The highest BCUT2D eigenvalue weighted by Crippen LogP contribution is 2.23. The van der Waals surface area contributed by atoms with Gasteiger partial charge >= 0.3 is 0 Å². The van der Waals surface area contributed by atoms with Crippen molar-refractivity contribution in [2.24, 2.45) is 0 Å². The molecule has 0 bridgehead atoms. The molecular weight excluding hydrogens is 306 g/mol. The maximum Gasteiger partial charge on any atom is 0.261 e. The maximum atomic E-state index is 11.8. The lowest BCUT2D eigenvalue weighted by Gasteiger charge is -2.10. The van der Waals surface area contributed by atoms with E-state index in [9.17, 15) is 4.79 Å². The molecule has 2 aromatic rings. The first kappa shape index (κ1) is 11.8. The van der Waals surface area contributed by atoms with E-state index in [-0.39, 0.29) is 11.9 Å². The predicted molar refractivity (Wildman–Crippen MR) is 72.2 cm³/mol. The standard InChI is InChI=1S/C11H10BrNOS2/c1-7(8-3-2-6-15-8)13-11(14)9-4-5-10(12)16-9/h2-7H,1H3,(H,13,14). The number of carbonyl (C=O) groups is 1. The first-order valence-corrected chi connectivity index (χ1v) is 7.25. The molecule has 0 aliphatic rings. The summed E-state index contributed by atoms with van der Waals surface area (Å²) < 4.78 is 0.974. The molecule has 1 atom stereocenters. The van der Waals surface area contributed by atoms with E-state index in [1.165, 1.54) is 16.2 Å². The van der Waals surface area contributed by atoms with Crippen molar-refractivity contribution >= 4 is 44.5 Å². The molecule has 0 fully saturated rings. The number of nitrogens with one attached hydrogen (secondary N) is 1. The van der Waals surface area contributed by atoms with Crippen LogP contribution in [0.3, 0.4) is 0 Å². The summed E-state index contributed by atoms with van der Waals surface area (Å²) in [6.45, 7) is 1.99. The highest BCUT2D eigenvalue weighted by atomic mass is 79.9. The Bertz CT molecular complexity index is 478. The lowest BCUT2D eigenvalue weighted by Crippen LogP contribution is -2.25. The van der Waals surface area contributed by atoms with Crippen molar-refractivity contribution in [3.63, 3.8) is 0 Å². The highest BCUT2D eigenvalue weighted by Gasteiger charge is 2.13. The van der Waals surface area contributed by atoms with Gasteiger partial charge in [-0.2, -0.15) is 0 Å². The minimum Gasteiger partial charge on any atom is -0.344 e. The van der Waals surface area contributed by atoms with Gasteiger partial charge in [0.25, 0.3) is 5.91 Å².